The summed E-state index contributed by atoms with van der Waals surface area (Å²) < 4.78 is 16.7. The molecule has 0 bridgehead atoms. The van der Waals surface area contributed by atoms with E-state index in [9.17, 15) is 4.79 Å². The van der Waals surface area contributed by atoms with Crippen molar-refractivity contribution in [2.24, 2.45) is 0 Å². The molecule has 4 heteroatoms. The van der Waals surface area contributed by atoms with E-state index in [1.165, 1.54) is 0 Å². The zero-order valence-electron chi connectivity index (χ0n) is 14.8. The Morgan fingerprint density at radius 2 is 1.59 bits per heavy atom. The van der Waals surface area contributed by atoms with E-state index in [4.69, 9.17) is 13.9 Å². The second-order valence-corrected chi connectivity index (χ2v) is 6.30. The van der Waals surface area contributed by atoms with Crippen molar-refractivity contribution in [1.82, 2.24) is 0 Å². The number of hydrogen-bond acceptors (Lipinski definition) is 4. The van der Waals surface area contributed by atoms with Crippen molar-refractivity contribution >= 4 is 16.9 Å². The largest absolute Gasteiger partial charge is 0.464 e. The molecule has 0 radical (unpaired) electrons. The first-order valence-corrected chi connectivity index (χ1v) is 8.68. The van der Waals surface area contributed by atoms with Crippen molar-refractivity contribution in [1.29, 1.82) is 0 Å². The molecule has 0 saturated heterocycles. The number of ether oxygens (including phenoxy) is 2. The van der Waals surface area contributed by atoms with E-state index in [1.54, 1.807) is 30.5 Å². The molecule has 3 aromatic carbocycles. The van der Waals surface area contributed by atoms with Crippen molar-refractivity contribution < 1.29 is 18.7 Å². The van der Waals surface area contributed by atoms with E-state index >= 15 is 0 Å². The van der Waals surface area contributed by atoms with Crippen LogP contribution >= 0.6 is 0 Å². The van der Waals surface area contributed by atoms with Gasteiger partial charge in [-0.3, -0.25) is 4.79 Å². The highest BCUT2D eigenvalue weighted by molar-refractivity contribution is 5.86. The summed E-state index contributed by atoms with van der Waals surface area (Å²) in [4.78, 5) is 12.3. The SMILES string of the molecule is Cc1ccc2c(CC(=O)Oc3ccc(Oc4ccccc4)cc3)coc2c1. The lowest BCUT2D eigenvalue weighted by Gasteiger charge is -2.07. The van der Waals surface area contributed by atoms with Gasteiger partial charge in [0.25, 0.3) is 0 Å². The van der Waals surface area contributed by atoms with Gasteiger partial charge in [-0.05, 0) is 55.0 Å². The van der Waals surface area contributed by atoms with Crippen LogP contribution in [0.3, 0.4) is 0 Å². The number of furan rings is 1. The van der Waals surface area contributed by atoms with E-state index in [0.29, 0.717) is 11.5 Å². The standard InChI is InChI=1S/C23H18O4/c1-16-7-12-21-17(15-25-22(21)13-16)14-23(24)27-20-10-8-19(9-11-20)26-18-5-3-2-4-6-18/h2-13,15H,14H2,1H3. The molecule has 1 aromatic heterocycles. The third-order valence-electron chi connectivity index (χ3n) is 4.18. The van der Waals surface area contributed by atoms with Crippen LogP contribution in [0.25, 0.3) is 11.0 Å². The molecule has 0 fully saturated rings. The Hall–Kier alpha value is -3.53. The van der Waals surface area contributed by atoms with E-state index in [1.807, 2.05) is 55.5 Å². The fourth-order valence-corrected chi connectivity index (χ4v) is 2.85. The fraction of sp³-hybridized carbons (Fsp3) is 0.0870. The van der Waals surface area contributed by atoms with E-state index < -0.39 is 0 Å². The van der Waals surface area contributed by atoms with Crippen LogP contribution in [0.4, 0.5) is 0 Å². The van der Waals surface area contributed by atoms with Gasteiger partial charge in [-0.1, -0.05) is 30.3 Å². The molecule has 0 N–H and O–H groups in total. The lowest BCUT2D eigenvalue weighted by Crippen LogP contribution is -2.10. The van der Waals surface area contributed by atoms with E-state index in [0.717, 1.165) is 27.8 Å². The monoisotopic (exact) mass is 358 g/mol. The van der Waals surface area contributed by atoms with Crippen LogP contribution in [0.2, 0.25) is 0 Å². The molecule has 0 saturated carbocycles. The van der Waals surface area contributed by atoms with Crippen LogP contribution in [0.15, 0.2) is 83.5 Å². The molecule has 134 valence electrons. The minimum atomic E-state index is -0.338. The average molecular weight is 358 g/mol. The summed E-state index contributed by atoms with van der Waals surface area (Å²) in [5, 5.41) is 0.934. The zero-order valence-corrected chi connectivity index (χ0v) is 14.8. The molecule has 0 aliphatic carbocycles. The van der Waals surface area contributed by atoms with E-state index in [2.05, 4.69) is 0 Å². The van der Waals surface area contributed by atoms with Crippen molar-refractivity contribution in [3.05, 3.63) is 90.2 Å². The van der Waals surface area contributed by atoms with Crippen LogP contribution in [-0.4, -0.2) is 5.97 Å². The third-order valence-corrected chi connectivity index (χ3v) is 4.18. The highest BCUT2D eigenvalue weighted by atomic mass is 16.5. The summed E-state index contributed by atoms with van der Waals surface area (Å²) in [6, 6.07) is 22.4. The molecule has 0 amide bonds. The van der Waals surface area contributed by atoms with Gasteiger partial charge in [0.2, 0.25) is 0 Å². The Morgan fingerprint density at radius 1 is 0.889 bits per heavy atom. The molecule has 0 unspecified atom stereocenters. The number of fused-ring (bicyclic) bond motifs is 1. The first kappa shape index (κ1) is 16.9. The molecular formula is C23H18O4. The molecular weight excluding hydrogens is 340 g/mol. The lowest BCUT2D eigenvalue weighted by molar-refractivity contribution is -0.133. The molecule has 4 nitrogen and oxygen atoms in total. The molecule has 0 aliphatic heterocycles. The summed E-state index contributed by atoms with van der Waals surface area (Å²) in [7, 11) is 0. The minimum Gasteiger partial charge on any atom is -0.464 e. The predicted octanol–water partition coefficient (Wildman–Crippen LogP) is 5.68. The smallest absolute Gasteiger partial charge is 0.315 e. The maximum Gasteiger partial charge on any atom is 0.315 e. The number of esters is 1. The Labute approximate surface area is 157 Å². The molecule has 0 aliphatic rings. The minimum absolute atomic E-state index is 0.151. The second kappa shape index (κ2) is 7.38. The molecule has 27 heavy (non-hydrogen) atoms. The lowest BCUT2D eigenvalue weighted by atomic mass is 10.1. The number of benzene rings is 3. The summed E-state index contributed by atoms with van der Waals surface area (Å²) in [6.07, 6.45) is 1.76. The Kier molecular flexibility index (Phi) is 4.62. The second-order valence-electron chi connectivity index (χ2n) is 6.30. The van der Waals surface area contributed by atoms with Crippen LogP contribution in [0.1, 0.15) is 11.1 Å². The number of rotatable bonds is 5. The molecule has 0 atom stereocenters. The number of carbonyl (C=O) groups is 1. The number of para-hydroxylation sites is 1. The van der Waals surface area contributed by atoms with Gasteiger partial charge in [-0.25, -0.2) is 0 Å². The van der Waals surface area contributed by atoms with Gasteiger partial charge in [0.05, 0.1) is 12.7 Å². The number of hydrogen-bond donors (Lipinski definition) is 0. The quantitative estimate of drug-likeness (QED) is 0.340. The van der Waals surface area contributed by atoms with Gasteiger partial charge >= 0.3 is 5.97 Å². The summed E-state index contributed by atoms with van der Waals surface area (Å²) in [5.41, 5.74) is 2.71. The van der Waals surface area contributed by atoms with Gasteiger partial charge in [0, 0.05) is 10.9 Å². The fourth-order valence-electron chi connectivity index (χ4n) is 2.85. The zero-order chi connectivity index (χ0) is 18.6. The normalized spacial score (nSPS) is 10.7. The van der Waals surface area contributed by atoms with Crippen LogP contribution in [-0.2, 0) is 11.2 Å². The number of aryl methyl sites for hydroxylation is 1. The molecule has 0 spiro atoms. The Balaban J connectivity index is 1.40. The molecule has 4 aromatic rings. The van der Waals surface area contributed by atoms with Gasteiger partial charge in [-0.2, -0.15) is 0 Å². The van der Waals surface area contributed by atoms with Crippen molar-refractivity contribution in [2.45, 2.75) is 13.3 Å². The molecule has 4 rings (SSSR count). The summed E-state index contributed by atoms with van der Waals surface area (Å²) >= 11 is 0. The van der Waals surface area contributed by atoms with Crippen molar-refractivity contribution in [3.8, 4) is 17.2 Å². The van der Waals surface area contributed by atoms with Crippen molar-refractivity contribution in [2.75, 3.05) is 0 Å². The van der Waals surface area contributed by atoms with Gasteiger partial charge in [-0.15, -0.1) is 0 Å². The number of carbonyl (C=O) groups excluding carboxylic acids is 1. The van der Waals surface area contributed by atoms with Gasteiger partial charge in [0.1, 0.15) is 22.8 Å². The maximum atomic E-state index is 12.3. The topological polar surface area (TPSA) is 48.7 Å². The Morgan fingerprint density at radius 3 is 2.37 bits per heavy atom. The summed E-state index contributed by atoms with van der Waals surface area (Å²) in [5.74, 6) is 1.57. The van der Waals surface area contributed by atoms with E-state index in [-0.39, 0.29) is 12.4 Å². The average Bonchev–Trinajstić information content (AvgIpc) is 3.06. The van der Waals surface area contributed by atoms with Crippen LogP contribution < -0.4 is 9.47 Å². The maximum absolute atomic E-state index is 12.3. The predicted molar refractivity (Wildman–Crippen MR) is 103 cm³/mol. The third kappa shape index (κ3) is 4.01. The van der Waals surface area contributed by atoms with Crippen molar-refractivity contribution in [3.63, 3.8) is 0 Å². The highest BCUT2D eigenvalue weighted by Gasteiger charge is 2.12. The molecule has 1 heterocycles. The summed E-state index contributed by atoms with van der Waals surface area (Å²) in [6.45, 7) is 2.00. The van der Waals surface area contributed by atoms with Crippen LogP contribution in [0, 0.1) is 6.92 Å². The van der Waals surface area contributed by atoms with Crippen LogP contribution in [0.5, 0.6) is 17.2 Å². The van der Waals surface area contributed by atoms with Gasteiger partial charge in [0.15, 0.2) is 0 Å². The Bertz CT molecular complexity index is 1060. The highest BCUT2D eigenvalue weighted by Crippen LogP contribution is 2.25. The first-order valence-electron chi connectivity index (χ1n) is 8.68. The first-order chi connectivity index (χ1) is 13.2. The van der Waals surface area contributed by atoms with Gasteiger partial charge < -0.3 is 13.9 Å².